The van der Waals surface area contributed by atoms with Gasteiger partial charge in [-0.05, 0) is 30.9 Å². The first-order valence-corrected chi connectivity index (χ1v) is 10.2. The zero-order valence-electron chi connectivity index (χ0n) is 13.0. The summed E-state index contributed by atoms with van der Waals surface area (Å²) >= 11 is 1.67. The molecule has 0 bridgehead atoms. The fourth-order valence-electron chi connectivity index (χ4n) is 2.43. The van der Waals surface area contributed by atoms with Gasteiger partial charge in [-0.3, -0.25) is 4.79 Å². The lowest BCUT2D eigenvalue weighted by atomic mass is 10.1. The van der Waals surface area contributed by atoms with Crippen molar-refractivity contribution in [1.29, 1.82) is 0 Å². The molecule has 1 aromatic carbocycles. The van der Waals surface area contributed by atoms with Crippen LogP contribution in [0, 0.1) is 0 Å². The van der Waals surface area contributed by atoms with Crippen LogP contribution < -0.4 is 0 Å². The van der Waals surface area contributed by atoms with Gasteiger partial charge < -0.3 is 4.90 Å². The molecule has 1 heterocycles. The second-order valence-corrected chi connectivity index (χ2v) is 8.34. The van der Waals surface area contributed by atoms with Crippen molar-refractivity contribution in [2.75, 3.05) is 38.2 Å². The van der Waals surface area contributed by atoms with Crippen LogP contribution in [0.15, 0.2) is 29.2 Å². The molecule has 7 heteroatoms. The molecule has 0 N–H and O–H groups in total. The second kappa shape index (κ2) is 7.48. The van der Waals surface area contributed by atoms with E-state index in [1.165, 1.54) is 9.20 Å². The van der Waals surface area contributed by atoms with Crippen LogP contribution in [0.3, 0.4) is 0 Å². The van der Waals surface area contributed by atoms with Crippen molar-refractivity contribution >= 4 is 27.7 Å². The molecule has 0 radical (unpaired) electrons. The van der Waals surface area contributed by atoms with Gasteiger partial charge in [0, 0.05) is 31.1 Å². The van der Waals surface area contributed by atoms with Crippen LogP contribution in [0.2, 0.25) is 0 Å². The highest BCUT2D eigenvalue weighted by molar-refractivity contribution is 7.98. The summed E-state index contributed by atoms with van der Waals surface area (Å²) in [6, 6.07) is 7.97. The van der Waals surface area contributed by atoms with E-state index in [0.29, 0.717) is 32.6 Å². The fraction of sp³-hybridized carbons (Fsp3) is 0.533. The number of benzene rings is 1. The zero-order chi connectivity index (χ0) is 16.2. The van der Waals surface area contributed by atoms with E-state index in [2.05, 4.69) is 0 Å². The molecule has 0 spiro atoms. The van der Waals surface area contributed by atoms with Gasteiger partial charge in [-0.2, -0.15) is 4.31 Å². The third kappa shape index (κ3) is 4.24. The van der Waals surface area contributed by atoms with Gasteiger partial charge in [0.1, 0.15) is 0 Å². The van der Waals surface area contributed by atoms with Gasteiger partial charge in [0.15, 0.2) is 0 Å². The molecule has 0 aliphatic carbocycles. The van der Waals surface area contributed by atoms with Crippen LogP contribution in [-0.4, -0.2) is 61.7 Å². The summed E-state index contributed by atoms with van der Waals surface area (Å²) in [7, 11) is -3.14. The van der Waals surface area contributed by atoms with E-state index in [9.17, 15) is 13.2 Å². The van der Waals surface area contributed by atoms with E-state index in [0.717, 1.165) is 5.56 Å². The number of hydrogen-bond acceptors (Lipinski definition) is 4. The topological polar surface area (TPSA) is 57.7 Å². The first kappa shape index (κ1) is 17.3. The van der Waals surface area contributed by atoms with Crippen LogP contribution in [-0.2, 0) is 21.2 Å². The Kier molecular flexibility index (Phi) is 5.88. The quantitative estimate of drug-likeness (QED) is 0.760. The zero-order valence-corrected chi connectivity index (χ0v) is 14.6. The maximum atomic E-state index is 12.3. The Morgan fingerprint density at radius 3 is 2.23 bits per heavy atom. The number of amides is 1. The summed E-state index contributed by atoms with van der Waals surface area (Å²) in [6.45, 7) is 3.38. The van der Waals surface area contributed by atoms with Gasteiger partial charge in [-0.15, -0.1) is 11.8 Å². The number of carbonyl (C=O) groups excluding carboxylic acids is 1. The number of nitrogens with zero attached hydrogens (tertiary/aromatic N) is 2. The largest absolute Gasteiger partial charge is 0.340 e. The summed E-state index contributed by atoms with van der Waals surface area (Å²) in [5, 5.41) is 0. The number of piperazine rings is 1. The van der Waals surface area contributed by atoms with Crippen LogP contribution >= 0.6 is 11.8 Å². The number of rotatable bonds is 5. The van der Waals surface area contributed by atoms with E-state index in [-0.39, 0.29) is 11.7 Å². The smallest absolute Gasteiger partial charge is 0.227 e. The first-order valence-electron chi connectivity index (χ1n) is 7.35. The molecule has 1 aliphatic heterocycles. The Morgan fingerprint density at radius 2 is 1.73 bits per heavy atom. The molecule has 2 rings (SSSR count). The van der Waals surface area contributed by atoms with Crippen molar-refractivity contribution < 1.29 is 13.2 Å². The van der Waals surface area contributed by atoms with Crippen LogP contribution in [0.1, 0.15) is 12.5 Å². The van der Waals surface area contributed by atoms with Crippen LogP contribution in [0.5, 0.6) is 0 Å². The molecule has 0 unspecified atom stereocenters. The predicted octanol–water partition coefficient (Wildman–Crippen LogP) is 1.44. The average molecular weight is 342 g/mol. The van der Waals surface area contributed by atoms with Gasteiger partial charge in [-0.1, -0.05) is 12.1 Å². The molecule has 1 aromatic rings. The van der Waals surface area contributed by atoms with Gasteiger partial charge in [0.2, 0.25) is 15.9 Å². The lowest BCUT2D eigenvalue weighted by Gasteiger charge is -2.33. The van der Waals surface area contributed by atoms with E-state index in [1.54, 1.807) is 23.6 Å². The Labute approximate surface area is 136 Å². The van der Waals surface area contributed by atoms with Gasteiger partial charge in [0.25, 0.3) is 0 Å². The van der Waals surface area contributed by atoms with Crippen molar-refractivity contribution in [3.63, 3.8) is 0 Å². The number of hydrogen-bond donors (Lipinski definition) is 0. The molecule has 122 valence electrons. The molecule has 1 fully saturated rings. The van der Waals surface area contributed by atoms with Crippen molar-refractivity contribution in [1.82, 2.24) is 9.21 Å². The van der Waals surface area contributed by atoms with Crippen LogP contribution in [0.4, 0.5) is 0 Å². The van der Waals surface area contributed by atoms with Crippen LogP contribution in [0.25, 0.3) is 0 Å². The van der Waals surface area contributed by atoms with Crippen molar-refractivity contribution in [3.8, 4) is 0 Å². The molecule has 1 saturated heterocycles. The summed E-state index contributed by atoms with van der Waals surface area (Å²) < 4.78 is 25.1. The predicted molar refractivity (Wildman–Crippen MR) is 89.5 cm³/mol. The number of thioether (sulfide) groups is 1. The van der Waals surface area contributed by atoms with E-state index < -0.39 is 10.0 Å². The van der Waals surface area contributed by atoms with E-state index in [1.807, 2.05) is 30.5 Å². The molecule has 1 aliphatic rings. The molecule has 22 heavy (non-hydrogen) atoms. The maximum absolute atomic E-state index is 12.3. The van der Waals surface area contributed by atoms with Gasteiger partial charge in [-0.25, -0.2) is 8.42 Å². The van der Waals surface area contributed by atoms with Gasteiger partial charge in [0.05, 0.1) is 12.2 Å². The van der Waals surface area contributed by atoms with Crippen molar-refractivity contribution in [2.45, 2.75) is 18.2 Å². The summed E-state index contributed by atoms with van der Waals surface area (Å²) in [5.41, 5.74) is 0.992. The Balaban J connectivity index is 1.89. The third-order valence-corrected chi connectivity index (χ3v) is 6.49. The minimum atomic E-state index is -3.14. The lowest BCUT2D eigenvalue weighted by molar-refractivity contribution is -0.131. The number of sulfonamides is 1. The normalized spacial score (nSPS) is 16.7. The number of carbonyl (C=O) groups is 1. The van der Waals surface area contributed by atoms with Crippen molar-refractivity contribution in [2.24, 2.45) is 0 Å². The Morgan fingerprint density at radius 1 is 1.14 bits per heavy atom. The minimum absolute atomic E-state index is 0.0606. The molecule has 0 atom stereocenters. The van der Waals surface area contributed by atoms with E-state index in [4.69, 9.17) is 0 Å². The lowest BCUT2D eigenvalue weighted by Crippen LogP contribution is -2.51. The molecule has 1 amide bonds. The average Bonchev–Trinajstić information content (AvgIpc) is 2.55. The Bertz CT molecular complexity index is 606. The second-order valence-electron chi connectivity index (χ2n) is 5.21. The molecular weight excluding hydrogens is 320 g/mol. The summed E-state index contributed by atoms with van der Waals surface area (Å²) in [5.74, 6) is 0.174. The first-order chi connectivity index (χ1) is 10.5. The summed E-state index contributed by atoms with van der Waals surface area (Å²) in [4.78, 5) is 15.2. The molecule has 0 aromatic heterocycles. The highest BCUT2D eigenvalue weighted by atomic mass is 32.2. The van der Waals surface area contributed by atoms with E-state index >= 15 is 0 Å². The highest BCUT2D eigenvalue weighted by Gasteiger charge is 2.27. The third-order valence-electron chi connectivity index (χ3n) is 3.86. The Hall–Kier alpha value is -1.05. The SMILES string of the molecule is CCS(=O)(=O)N1CCN(C(=O)Cc2ccc(SC)cc2)CC1. The standard InChI is InChI=1S/C15H22N2O3S2/c1-3-22(19,20)17-10-8-16(9-11-17)15(18)12-13-4-6-14(21-2)7-5-13/h4-7H,3,8-12H2,1-2H3. The monoisotopic (exact) mass is 342 g/mol. The van der Waals surface area contributed by atoms with Crippen molar-refractivity contribution in [3.05, 3.63) is 29.8 Å². The molecular formula is C15H22N2O3S2. The fourth-order valence-corrected chi connectivity index (χ4v) is 3.92. The highest BCUT2D eigenvalue weighted by Crippen LogP contribution is 2.16. The minimum Gasteiger partial charge on any atom is -0.340 e. The maximum Gasteiger partial charge on any atom is 0.227 e. The molecule has 5 nitrogen and oxygen atoms in total. The van der Waals surface area contributed by atoms with Gasteiger partial charge >= 0.3 is 0 Å². The molecule has 0 saturated carbocycles. The summed E-state index contributed by atoms with van der Waals surface area (Å²) in [6.07, 6.45) is 2.39.